The number of imidazole rings is 1. The zero-order valence-corrected chi connectivity index (χ0v) is 48.4. The predicted molar refractivity (Wildman–Crippen MR) is 339 cm³/mol. The van der Waals surface area contributed by atoms with Crippen molar-refractivity contribution in [3.05, 3.63) is 301 Å². The van der Waals surface area contributed by atoms with Crippen LogP contribution < -0.4 is 14.5 Å². The van der Waals surface area contributed by atoms with Crippen LogP contribution in [0.4, 0.5) is 34.3 Å². The molecule has 0 atom stereocenters. The van der Waals surface area contributed by atoms with Crippen LogP contribution >= 0.6 is 0 Å². The molecule has 1 aliphatic rings. The van der Waals surface area contributed by atoms with Gasteiger partial charge in [-0.25, -0.2) is 0 Å². The van der Waals surface area contributed by atoms with Gasteiger partial charge < -0.3 is 4.90 Å². The van der Waals surface area contributed by atoms with Crippen molar-refractivity contribution in [3.8, 4) is 78.5 Å². The van der Waals surface area contributed by atoms with E-state index in [4.69, 9.17) is 9.72 Å². The number of para-hydroxylation sites is 6. The van der Waals surface area contributed by atoms with Crippen molar-refractivity contribution in [1.29, 1.82) is 0 Å². The number of hydrogen-bond acceptors (Lipinski definition) is 4. The topological polar surface area (TPSA) is 38.5 Å². The predicted octanol–water partition coefficient (Wildman–Crippen LogP) is 20.6. The number of aromatic nitrogens is 3. The van der Waals surface area contributed by atoms with Crippen LogP contribution in [0.15, 0.2) is 291 Å². The van der Waals surface area contributed by atoms with Crippen LogP contribution in [0, 0.1) is 3.80 Å². The van der Waals surface area contributed by atoms with Crippen molar-refractivity contribution < 1.29 is 24.1 Å². The second-order valence-electron chi connectivity index (χ2n) is 21.9. The number of hydrogen-bond donors (Lipinski definition) is 0. The van der Waals surface area contributed by atoms with Gasteiger partial charge in [-0.3, -0.25) is 0 Å². The van der Waals surface area contributed by atoms with Crippen LogP contribution in [0.3, 0.4) is 0 Å². The fourth-order valence-electron chi connectivity index (χ4n) is 11.8. The van der Waals surface area contributed by atoms with E-state index in [1.54, 1.807) is 0 Å². The summed E-state index contributed by atoms with van der Waals surface area (Å²) in [7, 11) is 0. The SMILES string of the molecule is CC(C)(C)c1ccnc(N2c3ccc(-c4ccccc4)cc3-c3ccccc3N(c3ccccc3)c3ccccc3-c3ccc(Oc4cccc(-n5[c](=[Pt])n(-c6c(-c7ccccc7)cccc6-c6ccccc6)c6ccccc65)c4)cc32)c1. The molecule has 0 spiro atoms. The Morgan fingerprint density at radius 2 is 0.855 bits per heavy atom. The molecule has 2 aromatic heterocycles. The average Bonchev–Trinajstić information content (AvgIpc) is 2.56. The number of ether oxygens (including phenoxy) is 1. The summed E-state index contributed by atoms with van der Waals surface area (Å²) in [5, 5.41) is 0. The molecule has 0 amide bonds. The molecule has 83 heavy (non-hydrogen) atoms. The van der Waals surface area contributed by atoms with Crippen LogP contribution in [0.5, 0.6) is 11.5 Å². The van der Waals surface area contributed by atoms with E-state index in [2.05, 4.69) is 344 Å². The van der Waals surface area contributed by atoms with E-state index in [0.717, 1.165) is 116 Å². The summed E-state index contributed by atoms with van der Waals surface area (Å²) >= 11 is 2.52. The first-order valence-electron chi connectivity index (χ1n) is 28.1. The molecular weight excluding hydrogens is 1190 g/mol. The zero-order valence-electron chi connectivity index (χ0n) is 46.2. The van der Waals surface area contributed by atoms with Crippen molar-refractivity contribution in [2.45, 2.75) is 26.2 Å². The minimum atomic E-state index is -0.152. The van der Waals surface area contributed by atoms with Crippen molar-refractivity contribution in [2.24, 2.45) is 0 Å². The van der Waals surface area contributed by atoms with Gasteiger partial charge in [-0.1, -0.05) is 106 Å². The van der Waals surface area contributed by atoms with E-state index in [0.29, 0.717) is 11.5 Å². The molecule has 11 aromatic carbocycles. The molecule has 0 aliphatic carbocycles. The first-order chi connectivity index (χ1) is 40.7. The normalized spacial score (nSPS) is 12.1. The molecule has 0 fully saturated rings. The van der Waals surface area contributed by atoms with E-state index in [9.17, 15) is 0 Å². The Bertz CT molecular complexity index is 4550. The Morgan fingerprint density at radius 3 is 1.51 bits per heavy atom. The molecular formula is C76H57N5OPt. The molecule has 1 aliphatic heterocycles. The standard InChI is InChI=1S/C76H57N5O.Pt/c1-76(2,3)57-46-47-77-74(49-57)81-70-45-42-56(53-24-8-4-9-25-53)48-67(70)65-35-17-19-39-69(65)80(58-30-14-7-15-31-58)68-38-18-16-34-64(68)66-44-43-61(51-73(66)81)82-60-33-22-32-59(50-60)78-52-79(72-41-21-20-40-71(72)78)75-62(54-26-10-5-11-27-54)36-23-37-63(75)55-28-12-6-13-29-55;/h4-51H,1-3H3;. The minimum absolute atomic E-state index is 0.152. The third-order valence-corrected chi connectivity index (χ3v) is 16.7. The van der Waals surface area contributed by atoms with Gasteiger partial charge in [-0.15, -0.1) is 0 Å². The average molecular weight is 1250 g/mol. The quantitative estimate of drug-likeness (QED) is 0.144. The maximum atomic E-state index is 7.21. The first-order valence-corrected chi connectivity index (χ1v) is 29.2. The molecule has 13 aromatic rings. The summed E-state index contributed by atoms with van der Waals surface area (Å²) in [6, 6.07) is 102. The molecule has 0 N–H and O–H groups in total. The second kappa shape index (κ2) is 21.5. The van der Waals surface area contributed by atoms with Gasteiger partial charge in [-0.05, 0) is 58.5 Å². The van der Waals surface area contributed by atoms with Crippen molar-refractivity contribution >= 4 is 45.3 Å². The van der Waals surface area contributed by atoms with Gasteiger partial charge in [0.15, 0.2) is 0 Å². The Labute approximate surface area is 495 Å². The molecule has 0 saturated carbocycles. The Kier molecular flexibility index (Phi) is 13.3. The van der Waals surface area contributed by atoms with Crippen LogP contribution in [0.25, 0.3) is 78.0 Å². The van der Waals surface area contributed by atoms with Gasteiger partial charge in [-0.2, -0.15) is 0 Å². The Balaban J connectivity index is 0.974. The van der Waals surface area contributed by atoms with Crippen molar-refractivity contribution in [2.75, 3.05) is 9.80 Å². The van der Waals surface area contributed by atoms with Crippen molar-refractivity contribution in [3.63, 3.8) is 0 Å². The molecule has 402 valence electrons. The van der Waals surface area contributed by atoms with Crippen molar-refractivity contribution in [1.82, 2.24) is 14.1 Å². The third-order valence-electron chi connectivity index (χ3n) is 15.7. The molecule has 7 heteroatoms. The van der Waals surface area contributed by atoms with Crippen LogP contribution in [-0.4, -0.2) is 14.1 Å². The summed E-state index contributed by atoms with van der Waals surface area (Å²) in [5.41, 5.74) is 21.4. The van der Waals surface area contributed by atoms with E-state index in [1.807, 2.05) is 6.20 Å². The van der Waals surface area contributed by atoms with E-state index >= 15 is 0 Å². The van der Waals surface area contributed by atoms with Crippen LogP contribution in [0.1, 0.15) is 26.3 Å². The number of fused-ring (bicyclic) bond motifs is 7. The molecule has 0 unspecified atom stereocenters. The summed E-state index contributed by atoms with van der Waals surface area (Å²) < 4.78 is 13.0. The monoisotopic (exact) mass is 1250 g/mol. The van der Waals surface area contributed by atoms with E-state index in [1.165, 1.54) is 5.56 Å². The Hall–Kier alpha value is -9.87. The molecule has 0 bridgehead atoms. The van der Waals surface area contributed by atoms with Gasteiger partial charge in [0.2, 0.25) is 0 Å². The number of nitrogens with zero attached hydrogens (tertiary/aromatic N) is 5. The van der Waals surface area contributed by atoms with Gasteiger partial charge in [0, 0.05) is 17.4 Å². The van der Waals surface area contributed by atoms with Gasteiger partial charge in [0.25, 0.3) is 0 Å². The molecule has 0 radical (unpaired) electrons. The van der Waals surface area contributed by atoms with Gasteiger partial charge in [0.05, 0.1) is 5.69 Å². The molecule has 6 nitrogen and oxygen atoms in total. The van der Waals surface area contributed by atoms with Gasteiger partial charge >= 0.3 is 306 Å². The maximum absolute atomic E-state index is 7.21. The number of pyridine rings is 1. The zero-order chi connectivity index (χ0) is 56.0. The number of rotatable bonds is 9. The fraction of sp³-hybridized carbons (Fsp3) is 0.0526. The summed E-state index contributed by atoms with van der Waals surface area (Å²) in [4.78, 5) is 10.1. The summed E-state index contributed by atoms with van der Waals surface area (Å²) in [6.45, 7) is 6.78. The van der Waals surface area contributed by atoms with Crippen LogP contribution in [-0.2, 0) is 24.8 Å². The second-order valence-corrected chi connectivity index (χ2v) is 22.9. The number of benzene rings is 11. The Morgan fingerprint density at radius 1 is 0.349 bits per heavy atom. The first kappa shape index (κ1) is 51.3. The van der Waals surface area contributed by atoms with E-state index in [-0.39, 0.29) is 5.41 Å². The number of anilines is 6. The molecule has 3 heterocycles. The molecule has 0 saturated heterocycles. The third kappa shape index (κ3) is 9.51. The summed E-state index contributed by atoms with van der Waals surface area (Å²) in [6.07, 6.45) is 1.95. The summed E-state index contributed by atoms with van der Waals surface area (Å²) in [5.74, 6) is 2.18. The molecule has 14 rings (SSSR count). The van der Waals surface area contributed by atoms with E-state index < -0.39 is 0 Å². The van der Waals surface area contributed by atoms with Gasteiger partial charge in [0.1, 0.15) is 0 Å². The fourth-order valence-corrected chi connectivity index (χ4v) is 12.9. The van der Waals surface area contributed by atoms with Crippen LogP contribution in [0.2, 0.25) is 0 Å².